The van der Waals surface area contributed by atoms with E-state index >= 15 is 0 Å². The van der Waals surface area contributed by atoms with E-state index in [0.717, 1.165) is 24.9 Å². The normalized spacial score (nSPS) is 20.8. The van der Waals surface area contributed by atoms with Gasteiger partial charge in [-0.1, -0.05) is 11.9 Å². The van der Waals surface area contributed by atoms with E-state index < -0.39 is 0 Å². The Morgan fingerprint density at radius 2 is 2.21 bits per heavy atom. The molecule has 1 aromatic heterocycles. The van der Waals surface area contributed by atoms with Crippen molar-refractivity contribution in [3.63, 3.8) is 0 Å². The fourth-order valence-corrected chi connectivity index (χ4v) is 3.63. The lowest BCUT2D eigenvalue weighted by molar-refractivity contribution is 0.366. The highest BCUT2D eigenvalue weighted by molar-refractivity contribution is 7.98. The number of halogens is 1. The van der Waals surface area contributed by atoms with Crippen molar-refractivity contribution in [3.8, 4) is 5.88 Å². The Hall–Kier alpha value is -0.810. The number of hydrogen-bond donors (Lipinski definition) is 0. The Morgan fingerprint density at radius 1 is 1.47 bits per heavy atom. The molecule has 1 atom stereocenters. The van der Waals surface area contributed by atoms with E-state index in [1.807, 2.05) is 11.9 Å². The molecule has 5 heteroatoms. The Balaban J connectivity index is 2.27. The van der Waals surface area contributed by atoms with Crippen LogP contribution in [0.5, 0.6) is 5.88 Å². The average Bonchev–Trinajstić information content (AvgIpc) is 2.74. The summed E-state index contributed by atoms with van der Waals surface area (Å²) in [5.41, 5.74) is 0.858. The fourth-order valence-electron chi connectivity index (χ4n) is 2.36. The lowest BCUT2D eigenvalue weighted by Gasteiger charge is -2.30. The van der Waals surface area contributed by atoms with Crippen molar-refractivity contribution in [1.82, 2.24) is 9.29 Å². The van der Waals surface area contributed by atoms with E-state index in [9.17, 15) is 4.39 Å². The lowest BCUT2D eigenvalue weighted by Crippen LogP contribution is -2.23. The first-order valence-corrected chi connectivity index (χ1v) is 7.33. The average molecular weight is 284 g/mol. The standard InChI is InChI=1S/C14H21FN2OS/c1-14(2,3)19-17-7-5-6-12(17)11-8-10(15)9-16-13(11)18-4/h8-9,12H,5-7H2,1-4H3. The maximum atomic E-state index is 13.5. The summed E-state index contributed by atoms with van der Waals surface area (Å²) in [4.78, 5) is 4.04. The molecule has 0 saturated carbocycles. The highest BCUT2D eigenvalue weighted by atomic mass is 32.2. The molecular weight excluding hydrogens is 263 g/mol. The summed E-state index contributed by atoms with van der Waals surface area (Å²) in [7, 11) is 1.58. The molecule has 1 aliphatic heterocycles. The lowest BCUT2D eigenvalue weighted by atomic mass is 10.1. The van der Waals surface area contributed by atoms with Crippen molar-refractivity contribution in [2.45, 2.75) is 44.4 Å². The second-order valence-corrected chi connectivity index (χ2v) is 7.63. The molecule has 2 heterocycles. The first kappa shape index (κ1) is 14.6. The molecule has 0 aliphatic carbocycles. The molecule has 106 valence electrons. The summed E-state index contributed by atoms with van der Waals surface area (Å²) in [6, 6.07) is 1.74. The first-order valence-electron chi connectivity index (χ1n) is 6.56. The van der Waals surface area contributed by atoms with Gasteiger partial charge in [0, 0.05) is 16.9 Å². The Morgan fingerprint density at radius 3 is 2.84 bits per heavy atom. The molecule has 3 nitrogen and oxygen atoms in total. The summed E-state index contributed by atoms with van der Waals surface area (Å²) in [6.45, 7) is 7.59. The van der Waals surface area contributed by atoms with Gasteiger partial charge in [0.1, 0.15) is 5.82 Å². The Bertz CT molecular complexity index is 448. The monoisotopic (exact) mass is 284 g/mol. The second-order valence-electron chi connectivity index (χ2n) is 5.75. The second kappa shape index (κ2) is 5.67. The summed E-state index contributed by atoms with van der Waals surface area (Å²) >= 11 is 1.82. The molecule has 2 rings (SSSR count). The predicted octanol–water partition coefficient (Wildman–Crippen LogP) is 3.81. The zero-order valence-corrected chi connectivity index (χ0v) is 12.8. The van der Waals surface area contributed by atoms with Crippen LogP contribution in [0.3, 0.4) is 0 Å². The fraction of sp³-hybridized carbons (Fsp3) is 0.643. The minimum Gasteiger partial charge on any atom is -0.481 e. The number of ether oxygens (including phenoxy) is 1. The largest absolute Gasteiger partial charge is 0.481 e. The smallest absolute Gasteiger partial charge is 0.218 e. The van der Waals surface area contributed by atoms with Gasteiger partial charge in [0.15, 0.2) is 0 Å². The molecule has 1 fully saturated rings. The van der Waals surface area contributed by atoms with Crippen LogP contribution in [-0.4, -0.2) is 27.7 Å². The number of aromatic nitrogens is 1. The van der Waals surface area contributed by atoms with E-state index in [2.05, 4.69) is 30.1 Å². The summed E-state index contributed by atoms with van der Waals surface area (Å²) in [6.07, 6.45) is 3.34. The van der Waals surface area contributed by atoms with Gasteiger partial charge in [0.25, 0.3) is 0 Å². The molecule has 19 heavy (non-hydrogen) atoms. The van der Waals surface area contributed by atoms with Crippen molar-refractivity contribution in [1.29, 1.82) is 0 Å². The van der Waals surface area contributed by atoms with Crippen LogP contribution in [0.25, 0.3) is 0 Å². The number of rotatable bonds is 3. The number of methoxy groups -OCH3 is 1. The third-order valence-electron chi connectivity index (χ3n) is 2.99. The zero-order valence-electron chi connectivity index (χ0n) is 11.9. The molecule has 0 aromatic carbocycles. The SMILES string of the molecule is COc1ncc(F)cc1C1CCCN1SC(C)(C)C. The molecule has 0 radical (unpaired) electrons. The van der Waals surface area contributed by atoms with Crippen LogP contribution in [0.1, 0.15) is 45.2 Å². The minimum atomic E-state index is -0.302. The Kier molecular flexibility index (Phi) is 4.36. The third-order valence-corrected chi connectivity index (χ3v) is 4.21. The third kappa shape index (κ3) is 3.60. The van der Waals surface area contributed by atoms with Crippen molar-refractivity contribution >= 4 is 11.9 Å². The van der Waals surface area contributed by atoms with Gasteiger partial charge in [-0.3, -0.25) is 0 Å². The summed E-state index contributed by atoms with van der Waals surface area (Å²) < 4.78 is 21.2. The molecule has 1 aromatic rings. The molecule has 1 unspecified atom stereocenters. The maximum absolute atomic E-state index is 13.5. The van der Waals surface area contributed by atoms with Crippen LogP contribution in [-0.2, 0) is 0 Å². The molecule has 0 bridgehead atoms. The van der Waals surface area contributed by atoms with E-state index in [1.54, 1.807) is 13.2 Å². The van der Waals surface area contributed by atoms with E-state index in [1.165, 1.54) is 6.20 Å². The molecule has 0 N–H and O–H groups in total. The van der Waals surface area contributed by atoms with Crippen LogP contribution >= 0.6 is 11.9 Å². The van der Waals surface area contributed by atoms with E-state index in [0.29, 0.717) is 5.88 Å². The van der Waals surface area contributed by atoms with Crippen LogP contribution < -0.4 is 4.74 Å². The van der Waals surface area contributed by atoms with Gasteiger partial charge in [-0.15, -0.1) is 0 Å². The van der Waals surface area contributed by atoms with Crippen molar-refractivity contribution in [3.05, 3.63) is 23.6 Å². The minimum absolute atomic E-state index is 0.149. The number of hydrogen-bond acceptors (Lipinski definition) is 4. The molecule has 0 spiro atoms. The number of pyridine rings is 1. The topological polar surface area (TPSA) is 25.4 Å². The highest BCUT2D eigenvalue weighted by Gasteiger charge is 2.32. The van der Waals surface area contributed by atoms with Gasteiger partial charge in [0.05, 0.1) is 19.3 Å². The molecular formula is C14H21FN2OS. The van der Waals surface area contributed by atoms with Crippen molar-refractivity contribution < 1.29 is 9.13 Å². The van der Waals surface area contributed by atoms with Crippen LogP contribution in [0, 0.1) is 5.82 Å². The number of nitrogens with zero attached hydrogens (tertiary/aromatic N) is 2. The zero-order chi connectivity index (χ0) is 14.0. The van der Waals surface area contributed by atoms with Crippen LogP contribution in [0.2, 0.25) is 0 Å². The van der Waals surface area contributed by atoms with E-state index in [-0.39, 0.29) is 16.6 Å². The van der Waals surface area contributed by atoms with Crippen LogP contribution in [0.4, 0.5) is 4.39 Å². The van der Waals surface area contributed by atoms with Crippen LogP contribution in [0.15, 0.2) is 12.3 Å². The van der Waals surface area contributed by atoms with Gasteiger partial charge >= 0.3 is 0 Å². The quantitative estimate of drug-likeness (QED) is 0.788. The molecule has 0 amide bonds. The summed E-state index contributed by atoms with van der Waals surface area (Å²) in [5.74, 6) is 0.233. The molecule has 1 aliphatic rings. The maximum Gasteiger partial charge on any atom is 0.218 e. The van der Waals surface area contributed by atoms with Gasteiger partial charge in [-0.25, -0.2) is 13.7 Å². The highest BCUT2D eigenvalue weighted by Crippen LogP contribution is 2.43. The first-order chi connectivity index (χ1) is 8.90. The summed E-state index contributed by atoms with van der Waals surface area (Å²) in [5, 5.41) is 0. The van der Waals surface area contributed by atoms with Gasteiger partial charge in [-0.05, 0) is 39.7 Å². The predicted molar refractivity (Wildman–Crippen MR) is 76.8 cm³/mol. The van der Waals surface area contributed by atoms with Crippen molar-refractivity contribution in [2.24, 2.45) is 0 Å². The van der Waals surface area contributed by atoms with E-state index in [4.69, 9.17) is 4.74 Å². The van der Waals surface area contributed by atoms with Crippen molar-refractivity contribution in [2.75, 3.05) is 13.7 Å². The molecule has 1 saturated heterocycles. The van der Waals surface area contributed by atoms with Gasteiger partial charge in [0.2, 0.25) is 5.88 Å². The Labute approximate surface area is 118 Å². The van der Waals surface area contributed by atoms with Gasteiger partial charge in [-0.2, -0.15) is 0 Å². The van der Waals surface area contributed by atoms with Gasteiger partial charge < -0.3 is 4.74 Å².